The van der Waals surface area contributed by atoms with Crippen LogP contribution in [0.4, 0.5) is 5.69 Å². The fourth-order valence-corrected chi connectivity index (χ4v) is 4.70. The summed E-state index contributed by atoms with van der Waals surface area (Å²) < 4.78 is 5.16. The first-order valence-electron chi connectivity index (χ1n) is 8.78. The third-order valence-electron chi connectivity index (χ3n) is 5.76. The smallest absolute Gasteiger partial charge is 0.228 e. The maximum atomic E-state index is 12.8. The largest absolute Gasteiger partial charge is 0.497 e. The number of benzene rings is 2. The van der Waals surface area contributed by atoms with E-state index >= 15 is 0 Å². The van der Waals surface area contributed by atoms with Crippen molar-refractivity contribution in [2.75, 3.05) is 12.4 Å². The van der Waals surface area contributed by atoms with E-state index in [1.807, 2.05) is 24.3 Å². The van der Waals surface area contributed by atoms with Crippen LogP contribution in [0.15, 0.2) is 54.6 Å². The summed E-state index contributed by atoms with van der Waals surface area (Å²) >= 11 is 0. The molecule has 2 unspecified atom stereocenters. The number of ether oxygens (including phenoxy) is 1. The van der Waals surface area contributed by atoms with Crippen LogP contribution in [0.2, 0.25) is 0 Å². The Morgan fingerprint density at radius 1 is 1.00 bits per heavy atom. The highest BCUT2D eigenvalue weighted by Crippen LogP contribution is 2.60. The van der Waals surface area contributed by atoms with Crippen molar-refractivity contribution in [1.29, 1.82) is 0 Å². The van der Waals surface area contributed by atoms with Crippen LogP contribution >= 0.6 is 0 Å². The summed E-state index contributed by atoms with van der Waals surface area (Å²) in [7, 11) is 1.65. The first-order chi connectivity index (χ1) is 11.8. The Kier molecular flexibility index (Phi) is 4.01. The van der Waals surface area contributed by atoms with Gasteiger partial charge in [0, 0.05) is 11.6 Å². The number of nitrogens with one attached hydrogen (secondary N) is 1. The zero-order valence-corrected chi connectivity index (χ0v) is 13.9. The van der Waals surface area contributed by atoms with Gasteiger partial charge >= 0.3 is 0 Å². The highest BCUT2D eigenvalue weighted by molar-refractivity contribution is 5.94. The Bertz CT molecular complexity index is 698. The Balaban J connectivity index is 1.47. The van der Waals surface area contributed by atoms with E-state index in [-0.39, 0.29) is 11.8 Å². The van der Waals surface area contributed by atoms with Crippen molar-refractivity contribution < 1.29 is 9.53 Å². The van der Waals surface area contributed by atoms with Gasteiger partial charge in [0.2, 0.25) is 5.91 Å². The van der Waals surface area contributed by atoms with Crippen LogP contribution in [0, 0.1) is 17.8 Å². The number of fused-ring (bicyclic) bond motifs is 2. The van der Waals surface area contributed by atoms with Gasteiger partial charge in [0.15, 0.2) is 0 Å². The van der Waals surface area contributed by atoms with Crippen molar-refractivity contribution in [1.82, 2.24) is 0 Å². The van der Waals surface area contributed by atoms with E-state index in [1.54, 1.807) is 7.11 Å². The molecule has 0 spiro atoms. The van der Waals surface area contributed by atoms with E-state index in [0.29, 0.717) is 17.8 Å². The molecule has 2 aromatic carbocycles. The molecule has 3 nitrogen and oxygen atoms in total. The SMILES string of the molecule is COc1ccc(NC(=O)C2C3CCCC2C3c2ccccc2)cc1. The molecule has 0 heterocycles. The molecule has 24 heavy (non-hydrogen) atoms. The van der Waals surface area contributed by atoms with Crippen molar-refractivity contribution >= 4 is 11.6 Å². The van der Waals surface area contributed by atoms with Gasteiger partial charge < -0.3 is 10.1 Å². The van der Waals surface area contributed by atoms with Crippen LogP contribution < -0.4 is 10.1 Å². The summed E-state index contributed by atoms with van der Waals surface area (Å²) in [5.41, 5.74) is 2.25. The number of methoxy groups -OCH3 is 1. The average molecular weight is 321 g/mol. The number of rotatable bonds is 4. The van der Waals surface area contributed by atoms with Gasteiger partial charge in [-0.05, 0) is 60.4 Å². The van der Waals surface area contributed by atoms with E-state index in [9.17, 15) is 4.79 Å². The molecule has 3 heteroatoms. The van der Waals surface area contributed by atoms with Gasteiger partial charge in [0.25, 0.3) is 0 Å². The Morgan fingerprint density at radius 2 is 1.67 bits per heavy atom. The van der Waals surface area contributed by atoms with Crippen LogP contribution in [-0.2, 0) is 4.79 Å². The third-order valence-corrected chi connectivity index (χ3v) is 5.76. The van der Waals surface area contributed by atoms with Crippen LogP contribution in [0.5, 0.6) is 5.75 Å². The molecule has 2 atom stereocenters. The first-order valence-corrected chi connectivity index (χ1v) is 8.78. The molecule has 1 amide bonds. The number of amides is 1. The Labute approximate surface area is 143 Å². The molecule has 0 aromatic heterocycles. The number of anilines is 1. The fourth-order valence-electron chi connectivity index (χ4n) is 4.70. The quantitative estimate of drug-likeness (QED) is 0.902. The van der Waals surface area contributed by atoms with Crippen molar-refractivity contribution in [2.45, 2.75) is 25.2 Å². The van der Waals surface area contributed by atoms with Crippen molar-refractivity contribution in [3.63, 3.8) is 0 Å². The van der Waals surface area contributed by atoms with Crippen molar-refractivity contribution in [3.8, 4) is 5.75 Å². The lowest BCUT2D eigenvalue weighted by Crippen LogP contribution is -2.53. The molecule has 0 aliphatic heterocycles. The topological polar surface area (TPSA) is 38.3 Å². The summed E-state index contributed by atoms with van der Waals surface area (Å²) in [4.78, 5) is 12.8. The predicted octanol–water partition coefficient (Wildman–Crippen LogP) is 4.46. The zero-order chi connectivity index (χ0) is 16.5. The van der Waals surface area contributed by atoms with Gasteiger partial charge in [-0.1, -0.05) is 36.8 Å². The predicted molar refractivity (Wildman–Crippen MR) is 95.1 cm³/mol. The van der Waals surface area contributed by atoms with E-state index in [0.717, 1.165) is 24.3 Å². The molecular formula is C21H23NO2. The Hall–Kier alpha value is -2.29. The number of carbonyl (C=O) groups is 1. The second-order valence-corrected chi connectivity index (χ2v) is 6.94. The molecule has 2 aliphatic rings. The highest BCUT2D eigenvalue weighted by Gasteiger charge is 2.55. The molecule has 2 bridgehead atoms. The standard InChI is InChI=1S/C21H23NO2/c1-24-16-12-10-15(11-13-16)22-21(23)20-17-8-5-9-18(20)19(17)14-6-3-2-4-7-14/h2-4,6-7,10-13,17-20H,5,8-9H2,1H3,(H,22,23). The molecule has 0 radical (unpaired) electrons. The molecule has 1 N–H and O–H groups in total. The maximum Gasteiger partial charge on any atom is 0.228 e. The lowest BCUT2D eigenvalue weighted by molar-refractivity contribution is -0.135. The van der Waals surface area contributed by atoms with E-state index in [2.05, 4.69) is 35.6 Å². The minimum absolute atomic E-state index is 0.158. The summed E-state index contributed by atoms with van der Waals surface area (Å²) in [6.07, 6.45) is 3.58. The van der Waals surface area contributed by atoms with Gasteiger partial charge in [-0.3, -0.25) is 4.79 Å². The molecule has 124 valence electrons. The molecule has 0 saturated heterocycles. The van der Waals surface area contributed by atoms with Crippen LogP contribution in [-0.4, -0.2) is 13.0 Å². The van der Waals surface area contributed by atoms with Crippen molar-refractivity contribution in [3.05, 3.63) is 60.2 Å². The van der Waals surface area contributed by atoms with Crippen LogP contribution in [0.25, 0.3) is 0 Å². The molecule has 2 aromatic rings. The minimum Gasteiger partial charge on any atom is -0.497 e. The van der Waals surface area contributed by atoms with Crippen molar-refractivity contribution in [2.24, 2.45) is 17.8 Å². The number of hydrogen-bond donors (Lipinski definition) is 1. The number of carbonyl (C=O) groups excluding carboxylic acids is 1. The number of hydrogen-bond acceptors (Lipinski definition) is 2. The summed E-state index contributed by atoms with van der Waals surface area (Å²) in [6, 6.07) is 18.3. The van der Waals surface area contributed by atoms with E-state index in [1.165, 1.54) is 12.0 Å². The summed E-state index contributed by atoms with van der Waals surface area (Å²) in [5, 5.41) is 3.10. The average Bonchev–Trinajstić information content (AvgIpc) is 2.64. The van der Waals surface area contributed by atoms with Crippen LogP contribution in [0.1, 0.15) is 30.7 Å². The summed E-state index contributed by atoms with van der Waals surface area (Å²) in [6.45, 7) is 0. The second-order valence-electron chi connectivity index (χ2n) is 6.94. The van der Waals surface area contributed by atoms with Gasteiger partial charge in [-0.2, -0.15) is 0 Å². The Morgan fingerprint density at radius 3 is 2.29 bits per heavy atom. The second kappa shape index (κ2) is 6.31. The lowest BCUT2D eigenvalue weighted by atomic mass is 9.48. The first kappa shape index (κ1) is 15.3. The van der Waals surface area contributed by atoms with Crippen LogP contribution in [0.3, 0.4) is 0 Å². The van der Waals surface area contributed by atoms with Gasteiger partial charge in [-0.15, -0.1) is 0 Å². The van der Waals surface area contributed by atoms with Gasteiger partial charge in [-0.25, -0.2) is 0 Å². The molecule has 2 fully saturated rings. The van der Waals surface area contributed by atoms with E-state index < -0.39 is 0 Å². The summed E-state index contributed by atoms with van der Waals surface area (Å²) in [5.74, 6) is 2.69. The molecule has 4 rings (SSSR count). The van der Waals surface area contributed by atoms with Gasteiger partial charge in [0.1, 0.15) is 5.75 Å². The third kappa shape index (κ3) is 2.58. The van der Waals surface area contributed by atoms with E-state index in [4.69, 9.17) is 4.74 Å². The lowest BCUT2D eigenvalue weighted by Gasteiger charge is -2.55. The zero-order valence-electron chi connectivity index (χ0n) is 13.9. The molecular weight excluding hydrogens is 298 g/mol. The van der Waals surface area contributed by atoms with Gasteiger partial charge in [0.05, 0.1) is 7.11 Å². The highest BCUT2D eigenvalue weighted by atomic mass is 16.5. The maximum absolute atomic E-state index is 12.8. The monoisotopic (exact) mass is 321 g/mol. The fraction of sp³-hybridized carbons (Fsp3) is 0.381. The molecule has 2 aliphatic carbocycles. The molecule has 2 saturated carbocycles. The minimum atomic E-state index is 0.158. The normalized spacial score (nSPS) is 27.9.